The third-order valence-electron chi connectivity index (χ3n) is 4.92. The van der Waals surface area contributed by atoms with E-state index < -0.39 is 33.8 Å². The van der Waals surface area contributed by atoms with Crippen LogP contribution in [-0.2, 0) is 21.2 Å². The number of carbonyl (C=O) groups excluding carboxylic acids is 2. The Hall–Kier alpha value is -3.76. The second-order valence-corrected chi connectivity index (χ2v) is 9.38. The second-order valence-electron chi connectivity index (χ2n) is 7.32. The van der Waals surface area contributed by atoms with Crippen molar-refractivity contribution in [3.63, 3.8) is 0 Å². The summed E-state index contributed by atoms with van der Waals surface area (Å²) >= 11 is 5.94. The number of anilines is 1. The van der Waals surface area contributed by atoms with Crippen LogP contribution in [0.2, 0.25) is 5.02 Å². The number of phenols is 2. The highest BCUT2D eigenvalue weighted by Crippen LogP contribution is 2.29. The van der Waals surface area contributed by atoms with E-state index in [4.69, 9.17) is 11.6 Å². The average Bonchev–Trinajstić information content (AvgIpc) is 2.80. The van der Waals surface area contributed by atoms with Gasteiger partial charge >= 0.3 is 6.03 Å². The van der Waals surface area contributed by atoms with Gasteiger partial charge in [0.1, 0.15) is 10.9 Å². The van der Waals surface area contributed by atoms with Gasteiger partial charge in [-0.25, -0.2) is 17.9 Å². The van der Waals surface area contributed by atoms with Crippen LogP contribution in [0.15, 0.2) is 77.7 Å². The average molecular weight is 504 g/mol. The molecule has 0 heterocycles. The Bertz CT molecular complexity index is 1300. The van der Waals surface area contributed by atoms with Gasteiger partial charge in [0.05, 0.1) is 5.02 Å². The zero-order chi connectivity index (χ0) is 24.9. The summed E-state index contributed by atoms with van der Waals surface area (Å²) in [5, 5.41) is 21.6. The molecule has 0 aliphatic rings. The first-order chi connectivity index (χ1) is 16.1. The second kappa shape index (κ2) is 10.4. The van der Waals surface area contributed by atoms with Gasteiger partial charge in [-0.05, 0) is 29.8 Å². The normalized spacial score (nSPS) is 11.9. The summed E-state index contributed by atoms with van der Waals surface area (Å²) < 4.78 is 27.1. The molecule has 11 heteroatoms. The molecule has 178 valence electrons. The Labute approximate surface area is 201 Å². The van der Waals surface area contributed by atoms with E-state index in [-0.39, 0.29) is 27.8 Å². The largest absolute Gasteiger partial charge is 0.504 e. The third-order valence-corrected chi connectivity index (χ3v) is 6.75. The summed E-state index contributed by atoms with van der Waals surface area (Å²) in [7, 11) is -2.87. The SMILES string of the molecule is CN(C(=O)C(Cc1ccccc1)NC(=O)NS(=O)(=O)c1ccccc1Cl)c1ccc(O)c(O)c1. The van der Waals surface area contributed by atoms with Crippen molar-refractivity contribution in [2.24, 2.45) is 0 Å². The molecule has 4 N–H and O–H groups in total. The molecule has 0 bridgehead atoms. The monoisotopic (exact) mass is 503 g/mol. The van der Waals surface area contributed by atoms with Crippen LogP contribution in [0.5, 0.6) is 11.5 Å². The molecule has 0 spiro atoms. The number of nitrogens with zero attached hydrogens (tertiary/aromatic N) is 1. The van der Waals surface area contributed by atoms with E-state index in [2.05, 4.69) is 5.32 Å². The van der Waals surface area contributed by atoms with Gasteiger partial charge in [-0.15, -0.1) is 0 Å². The molecule has 3 aromatic carbocycles. The number of aromatic hydroxyl groups is 2. The molecule has 9 nitrogen and oxygen atoms in total. The Morgan fingerprint density at radius 3 is 2.26 bits per heavy atom. The number of nitrogens with one attached hydrogen (secondary N) is 2. The highest BCUT2D eigenvalue weighted by molar-refractivity contribution is 7.90. The molecule has 3 amide bonds. The van der Waals surface area contributed by atoms with Gasteiger partial charge in [0.2, 0.25) is 5.91 Å². The molecule has 0 aromatic heterocycles. The quantitative estimate of drug-likeness (QED) is 0.366. The van der Waals surface area contributed by atoms with E-state index in [1.165, 1.54) is 48.3 Å². The van der Waals surface area contributed by atoms with Crippen molar-refractivity contribution in [2.45, 2.75) is 17.4 Å². The van der Waals surface area contributed by atoms with Crippen LogP contribution in [0, 0.1) is 0 Å². The number of halogens is 1. The van der Waals surface area contributed by atoms with Gasteiger partial charge in [0.15, 0.2) is 11.5 Å². The van der Waals surface area contributed by atoms with Crippen molar-refractivity contribution in [1.29, 1.82) is 0 Å². The van der Waals surface area contributed by atoms with Crippen LogP contribution in [0.4, 0.5) is 10.5 Å². The van der Waals surface area contributed by atoms with E-state index in [1.807, 2.05) is 4.72 Å². The molecule has 0 aliphatic heterocycles. The summed E-state index contributed by atoms with van der Waals surface area (Å²) in [6, 6.07) is 16.0. The Balaban J connectivity index is 1.83. The van der Waals surface area contributed by atoms with Crippen molar-refractivity contribution in [3.05, 3.63) is 83.4 Å². The van der Waals surface area contributed by atoms with Gasteiger partial charge in [0.25, 0.3) is 10.0 Å². The summed E-state index contributed by atoms with van der Waals surface area (Å²) in [5.74, 6) is -1.36. The lowest BCUT2D eigenvalue weighted by atomic mass is 10.0. The fraction of sp³-hybridized carbons (Fsp3) is 0.130. The lowest BCUT2D eigenvalue weighted by molar-refractivity contribution is -0.120. The van der Waals surface area contributed by atoms with E-state index in [0.717, 1.165) is 5.56 Å². The molecular weight excluding hydrogens is 482 g/mol. The number of hydrogen-bond acceptors (Lipinski definition) is 6. The first-order valence-electron chi connectivity index (χ1n) is 10.00. The van der Waals surface area contributed by atoms with E-state index in [1.54, 1.807) is 36.4 Å². The number of amides is 3. The van der Waals surface area contributed by atoms with Gasteiger partial charge in [-0.3, -0.25) is 4.79 Å². The van der Waals surface area contributed by atoms with Gasteiger partial charge in [-0.2, -0.15) is 0 Å². The number of likely N-dealkylation sites (N-methyl/N-ethyl adjacent to an activating group) is 1. The first kappa shape index (κ1) is 24.9. The fourth-order valence-electron chi connectivity index (χ4n) is 3.16. The van der Waals surface area contributed by atoms with E-state index in [0.29, 0.717) is 0 Å². The molecule has 0 saturated heterocycles. The minimum atomic E-state index is -4.30. The Morgan fingerprint density at radius 2 is 1.62 bits per heavy atom. The molecule has 0 radical (unpaired) electrons. The molecule has 3 rings (SSSR count). The van der Waals surface area contributed by atoms with Gasteiger partial charge < -0.3 is 20.4 Å². The van der Waals surface area contributed by atoms with Crippen molar-refractivity contribution in [1.82, 2.24) is 10.0 Å². The highest BCUT2D eigenvalue weighted by Gasteiger charge is 2.28. The first-order valence-corrected chi connectivity index (χ1v) is 11.9. The van der Waals surface area contributed by atoms with E-state index in [9.17, 15) is 28.2 Å². The predicted octanol–water partition coefficient (Wildman–Crippen LogP) is 3.01. The number of sulfonamides is 1. The Kier molecular flexibility index (Phi) is 7.64. The Morgan fingerprint density at radius 1 is 0.971 bits per heavy atom. The fourth-order valence-corrected chi connectivity index (χ4v) is 4.59. The minimum absolute atomic E-state index is 0.0631. The number of carbonyl (C=O) groups is 2. The number of urea groups is 1. The van der Waals surface area contributed by atoms with Crippen molar-refractivity contribution >= 4 is 39.2 Å². The maximum Gasteiger partial charge on any atom is 0.329 e. The van der Waals surface area contributed by atoms with Crippen molar-refractivity contribution < 1.29 is 28.2 Å². The number of hydrogen-bond donors (Lipinski definition) is 4. The zero-order valence-corrected chi connectivity index (χ0v) is 19.5. The lowest BCUT2D eigenvalue weighted by Gasteiger charge is -2.25. The van der Waals surface area contributed by atoms with Gasteiger partial charge in [0, 0.05) is 25.2 Å². The summed E-state index contributed by atoms with van der Waals surface area (Å²) in [5.41, 5.74) is 0.973. The molecule has 1 atom stereocenters. The summed E-state index contributed by atoms with van der Waals surface area (Å²) in [6.45, 7) is 0. The standard InChI is InChI=1S/C23H22ClN3O6S/c1-27(16-11-12-19(28)20(29)14-16)22(30)18(13-15-7-3-2-4-8-15)25-23(31)26-34(32,33)21-10-6-5-9-17(21)24/h2-12,14,18,28-29H,13H2,1H3,(H2,25,26,31). The van der Waals surface area contributed by atoms with Crippen LogP contribution in [0.1, 0.15) is 5.56 Å². The van der Waals surface area contributed by atoms with Crippen LogP contribution in [0.3, 0.4) is 0 Å². The number of benzene rings is 3. The summed E-state index contributed by atoms with van der Waals surface area (Å²) in [6.07, 6.45) is 0.0631. The van der Waals surface area contributed by atoms with E-state index >= 15 is 0 Å². The molecule has 34 heavy (non-hydrogen) atoms. The molecular formula is C23H22ClN3O6S. The zero-order valence-electron chi connectivity index (χ0n) is 18.0. The number of rotatable bonds is 7. The molecule has 0 aliphatic carbocycles. The van der Waals surface area contributed by atoms with Crippen molar-refractivity contribution in [2.75, 3.05) is 11.9 Å². The lowest BCUT2D eigenvalue weighted by Crippen LogP contribution is -2.52. The molecule has 0 fully saturated rings. The third kappa shape index (κ3) is 5.97. The topological polar surface area (TPSA) is 136 Å². The molecule has 3 aromatic rings. The van der Waals surface area contributed by atoms with Crippen molar-refractivity contribution in [3.8, 4) is 11.5 Å². The van der Waals surface area contributed by atoms with Crippen LogP contribution < -0.4 is 14.9 Å². The smallest absolute Gasteiger partial charge is 0.329 e. The molecule has 1 unspecified atom stereocenters. The number of phenolic OH excluding ortho intramolecular Hbond substituents is 2. The molecule has 0 saturated carbocycles. The summed E-state index contributed by atoms with van der Waals surface area (Å²) in [4.78, 5) is 26.7. The maximum atomic E-state index is 13.2. The van der Waals surface area contributed by atoms with Crippen LogP contribution >= 0.6 is 11.6 Å². The highest BCUT2D eigenvalue weighted by atomic mass is 35.5. The van der Waals surface area contributed by atoms with Crippen LogP contribution in [-0.4, -0.2) is 43.7 Å². The van der Waals surface area contributed by atoms with Crippen LogP contribution in [0.25, 0.3) is 0 Å². The van der Waals surface area contributed by atoms with Gasteiger partial charge in [-0.1, -0.05) is 54.1 Å². The predicted molar refractivity (Wildman–Crippen MR) is 127 cm³/mol. The maximum absolute atomic E-state index is 13.2. The minimum Gasteiger partial charge on any atom is -0.504 e.